The second-order valence-corrected chi connectivity index (χ2v) is 7.08. The van der Waals surface area contributed by atoms with Crippen molar-refractivity contribution in [1.82, 2.24) is 9.55 Å². The highest BCUT2D eigenvalue weighted by atomic mass is 19.1. The number of nitro groups is 2. The number of nitrogens with one attached hydrogen (secondary N) is 1. The van der Waals surface area contributed by atoms with E-state index in [-0.39, 0.29) is 17.2 Å². The number of aromatic nitrogens is 2. The van der Waals surface area contributed by atoms with Crippen molar-refractivity contribution in [2.45, 2.75) is 6.54 Å². The van der Waals surface area contributed by atoms with Crippen LogP contribution in [0.2, 0.25) is 0 Å². The number of non-ortho nitro benzene ring substituents is 2. The highest BCUT2D eigenvalue weighted by Crippen LogP contribution is 2.23. The summed E-state index contributed by atoms with van der Waals surface area (Å²) in [4.78, 5) is 23.3. The Balaban J connectivity index is 0.000000174. The van der Waals surface area contributed by atoms with Crippen molar-refractivity contribution in [3.8, 4) is 0 Å². The van der Waals surface area contributed by atoms with Gasteiger partial charge >= 0.3 is 0 Å². The first kappa shape index (κ1) is 20.7. The monoisotopic (exact) mass is 432 g/mol. The van der Waals surface area contributed by atoms with Gasteiger partial charge in [-0.2, -0.15) is 0 Å². The lowest BCUT2D eigenvalue weighted by atomic mass is 10.2. The molecule has 0 saturated heterocycles. The van der Waals surface area contributed by atoms with Crippen LogP contribution in [0, 0.1) is 26.0 Å². The Bertz CT molecular complexity index is 1440. The molecule has 3 aromatic carbocycles. The summed E-state index contributed by atoms with van der Waals surface area (Å²) in [5.74, 6) is -0.269. The van der Waals surface area contributed by atoms with Gasteiger partial charge in [-0.15, -0.1) is 0 Å². The topological polar surface area (TPSA) is 107 Å². The molecular weight excluding hydrogens is 415 g/mol. The molecule has 1 N–H and O–H groups in total. The van der Waals surface area contributed by atoms with Gasteiger partial charge in [-0.05, 0) is 42.0 Å². The van der Waals surface area contributed by atoms with Crippen LogP contribution in [0.5, 0.6) is 0 Å². The molecule has 160 valence electrons. The van der Waals surface area contributed by atoms with Gasteiger partial charge in [-0.25, -0.2) is 4.39 Å². The van der Waals surface area contributed by atoms with E-state index in [4.69, 9.17) is 0 Å². The molecular formula is C23H17FN4O4. The summed E-state index contributed by atoms with van der Waals surface area (Å²) >= 11 is 0. The van der Waals surface area contributed by atoms with E-state index < -0.39 is 9.85 Å². The molecule has 0 atom stereocenters. The van der Waals surface area contributed by atoms with Crippen LogP contribution in [0.4, 0.5) is 15.8 Å². The minimum atomic E-state index is -0.413. The third-order valence-corrected chi connectivity index (χ3v) is 4.96. The van der Waals surface area contributed by atoms with Crippen LogP contribution in [-0.2, 0) is 6.54 Å². The summed E-state index contributed by atoms with van der Waals surface area (Å²) < 4.78 is 15.1. The molecule has 2 heterocycles. The first-order valence-corrected chi connectivity index (χ1v) is 9.60. The summed E-state index contributed by atoms with van der Waals surface area (Å²) in [7, 11) is 0. The summed E-state index contributed by atoms with van der Waals surface area (Å²) in [5.41, 5.74) is 2.85. The van der Waals surface area contributed by atoms with Crippen molar-refractivity contribution in [2.24, 2.45) is 0 Å². The first-order valence-electron chi connectivity index (χ1n) is 9.60. The molecule has 0 aliphatic carbocycles. The van der Waals surface area contributed by atoms with Crippen LogP contribution in [0.15, 0.2) is 85.2 Å². The molecule has 0 aliphatic rings. The molecule has 0 aliphatic heterocycles. The number of nitro benzene ring substituents is 2. The first-order chi connectivity index (χ1) is 15.4. The number of nitrogens with zero attached hydrogens (tertiary/aromatic N) is 3. The average Bonchev–Trinajstić information content (AvgIpc) is 3.40. The lowest BCUT2D eigenvalue weighted by molar-refractivity contribution is -0.384. The maximum absolute atomic E-state index is 13.2. The number of H-pyrrole nitrogens is 1. The van der Waals surface area contributed by atoms with Gasteiger partial charge in [0.2, 0.25) is 0 Å². The Kier molecular flexibility index (Phi) is 5.63. The average molecular weight is 432 g/mol. The van der Waals surface area contributed by atoms with Crippen LogP contribution in [0.3, 0.4) is 0 Å². The quantitative estimate of drug-likeness (QED) is 0.285. The normalized spacial score (nSPS) is 10.7. The van der Waals surface area contributed by atoms with Crippen LogP contribution in [-0.4, -0.2) is 19.4 Å². The summed E-state index contributed by atoms with van der Waals surface area (Å²) in [5, 5.41) is 22.8. The fourth-order valence-corrected chi connectivity index (χ4v) is 3.43. The second-order valence-electron chi connectivity index (χ2n) is 7.08. The molecule has 0 spiro atoms. The lowest BCUT2D eigenvalue weighted by Gasteiger charge is -2.05. The van der Waals surface area contributed by atoms with E-state index in [1.807, 2.05) is 29.0 Å². The zero-order valence-electron chi connectivity index (χ0n) is 16.6. The van der Waals surface area contributed by atoms with E-state index in [1.165, 1.54) is 30.3 Å². The Morgan fingerprint density at radius 1 is 0.844 bits per heavy atom. The molecule has 0 unspecified atom stereocenters. The zero-order valence-corrected chi connectivity index (χ0v) is 16.6. The van der Waals surface area contributed by atoms with Crippen LogP contribution < -0.4 is 0 Å². The Morgan fingerprint density at radius 3 is 2.28 bits per heavy atom. The third kappa shape index (κ3) is 4.46. The van der Waals surface area contributed by atoms with E-state index in [0.29, 0.717) is 6.54 Å². The fraction of sp³-hybridized carbons (Fsp3) is 0.0435. The van der Waals surface area contributed by atoms with Crippen molar-refractivity contribution < 1.29 is 14.2 Å². The Hall–Kier alpha value is -4.53. The van der Waals surface area contributed by atoms with Crippen LogP contribution in [0.25, 0.3) is 21.8 Å². The Labute approximate surface area is 180 Å². The molecule has 5 aromatic rings. The van der Waals surface area contributed by atoms with E-state index in [0.717, 1.165) is 27.4 Å². The van der Waals surface area contributed by atoms with Crippen LogP contribution >= 0.6 is 0 Å². The molecule has 0 fully saturated rings. The molecule has 8 nitrogen and oxygen atoms in total. The predicted octanol–water partition coefficient (Wildman–Crippen LogP) is 5.81. The number of rotatable bonds is 4. The lowest BCUT2D eigenvalue weighted by Crippen LogP contribution is -1.98. The molecule has 9 heteroatoms. The van der Waals surface area contributed by atoms with Crippen molar-refractivity contribution in [3.63, 3.8) is 0 Å². The number of halogens is 1. The maximum Gasteiger partial charge on any atom is 0.270 e. The van der Waals surface area contributed by atoms with Gasteiger partial charge in [0.15, 0.2) is 0 Å². The zero-order chi connectivity index (χ0) is 22.7. The number of fused-ring (bicyclic) bond motifs is 2. The van der Waals surface area contributed by atoms with Crippen LogP contribution in [0.1, 0.15) is 5.56 Å². The molecule has 2 aromatic heterocycles. The summed E-state index contributed by atoms with van der Waals surface area (Å²) in [6.07, 6.45) is 3.60. The van der Waals surface area contributed by atoms with E-state index in [2.05, 4.69) is 4.98 Å². The molecule has 32 heavy (non-hydrogen) atoms. The predicted molar refractivity (Wildman–Crippen MR) is 119 cm³/mol. The minimum absolute atomic E-state index is 0.0704. The summed E-state index contributed by atoms with van der Waals surface area (Å²) in [6.45, 7) is 0.527. The van der Waals surface area contributed by atoms with E-state index in [1.54, 1.807) is 30.5 Å². The third-order valence-electron chi connectivity index (χ3n) is 4.96. The number of hydrogen-bond donors (Lipinski definition) is 1. The van der Waals surface area contributed by atoms with Gasteiger partial charge in [-0.3, -0.25) is 20.2 Å². The van der Waals surface area contributed by atoms with E-state index in [9.17, 15) is 24.6 Å². The standard InChI is InChI=1S/C15H11FN2O2.C8H6N2O2/c16-13-3-1-2-11(8-13)10-17-7-6-12-9-14(18(19)20)4-5-15(12)17;11-10(12)7-1-2-8-6(5-7)3-4-9-8/h1-9H,10H2;1-5,9H. The highest BCUT2D eigenvalue weighted by molar-refractivity contribution is 5.83. The highest BCUT2D eigenvalue weighted by Gasteiger charge is 2.09. The molecule has 0 bridgehead atoms. The second kappa shape index (κ2) is 8.68. The van der Waals surface area contributed by atoms with Crippen molar-refractivity contribution in [1.29, 1.82) is 0 Å². The number of aromatic amines is 1. The van der Waals surface area contributed by atoms with Crippen molar-refractivity contribution in [3.05, 3.63) is 117 Å². The summed E-state index contributed by atoms with van der Waals surface area (Å²) in [6, 6.07) is 19.5. The molecule has 5 rings (SSSR count). The maximum atomic E-state index is 13.2. The molecule has 0 amide bonds. The molecule has 0 saturated carbocycles. The number of benzene rings is 3. The van der Waals surface area contributed by atoms with Gasteiger partial charge in [0.05, 0.1) is 9.85 Å². The fourth-order valence-electron chi connectivity index (χ4n) is 3.43. The number of hydrogen-bond acceptors (Lipinski definition) is 4. The largest absolute Gasteiger partial charge is 0.361 e. The van der Waals surface area contributed by atoms with Crippen molar-refractivity contribution in [2.75, 3.05) is 0 Å². The van der Waals surface area contributed by atoms with Gasteiger partial charge in [0.25, 0.3) is 11.4 Å². The smallest absolute Gasteiger partial charge is 0.270 e. The SMILES string of the molecule is O=[N+]([O-])c1ccc2[nH]ccc2c1.O=[N+]([O-])c1ccc2c(ccn2Cc2cccc(F)c2)c1. The van der Waals surface area contributed by atoms with Gasteiger partial charge in [0, 0.05) is 65.0 Å². The van der Waals surface area contributed by atoms with Crippen molar-refractivity contribution >= 4 is 33.2 Å². The molecule has 0 radical (unpaired) electrons. The Morgan fingerprint density at radius 2 is 1.56 bits per heavy atom. The minimum Gasteiger partial charge on any atom is -0.361 e. The van der Waals surface area contributed by atoms with Gasteiger partial charge in [-0.1, -0.05) is 12.1 Å². The van der Waals surface area contributed by atoms with Gasteiger partial charge in [0.1, 0.15) is 5.82 Å². The van der Waals surface area contributed by atoms with E-state index >= 15 is 0 Å². The van der Waals surface area contributed by atoms with Gasteiger partial charge < -0.3 is 9.55 Å².